The van der Waals surface area contributed by atoms with E-state index in [1.54, 1.807) is 0 Å². The Kier molecular flexibility index (Phi) is 3.97. The molecule has 1 aromatic rings. The van der Waals surface area contributed by atoms with Gasteiger partial charge in [0.05, 0.1) is 13.1 Å². The second-order valence-corrected chi connectivity index (χ2v) is 3.45. The minimum atomic E-state index is -1.08. The summed E-state index contributed by atoms with van der Waals surface area (Å²) in [5.41, 5.74) is 15.0. The van der Waals surface area contributed by atoms with E-state index in [4.69, 9.17) is 17.2 Å². The van der Waals surface area contributed by atoms with E-state index < -0.39 is 48.2 Å². The van der Waals surface area contributed by atoms with Crippen LogP contribution in [0.2, 0.25) is 0 Å². The predicted molar refractivity (Wildman–Crippen MR) is 59.2 cm³/mol. The topological polar surface area (TPSA) is 128 Å². The summed E-state index contributed by atoms with van der Waals surface area (Å²) >= 11 is 0. The molecule has 0 spiro atoms. The SMILES string of the molecule is NC(=O)CN(CC(N)=O)c1nc(N)c(F)cc1F. The second kappa shape index (κ2) is 5.25. The Morgan fingerprint density at radius 3 is 2.11 bits per heavy atom. The number of aromatic nitrogens is 1. The van der Waals surface area contributed by atoms with Gasteiger partial charge in [-0.25, -0.2) is 13.8 Å². The summed E-state index contributed by atoms with van der Waals surface area (Å²) in [4.78, 5) is 25.9. The lowest BCUT2D eigenvalue weighted by atomic mass is 10.3. The molecule has 0 aromatic carbocycles. The second-order valence-electron chi connectivity index (χ2n) is 3.45. The van der Waals surface area contributed by atoms with Crippen LogP contribution in [-0.4, -0.2) is 29.9 Å². The van der Waals surface area contributed by atoms with Crippen molar-refractivity contribution < 1.29 is 18.4 Å². The van der Waals surface area contributed by atoms with Crippen molar-refractivity contribution in [3.63, 3.8) is 0 Å². The number of rotatable bonds is 5. The maximum absolute atomic E-state index is 13.5. The fraction of sp³-hybridized carbons (Fsp3) is 0.222. The van der Waals surface area contributed by atoms with E-state index in [0.29, 0.717) is 6.07 Å². The van der Waals surface area contributed by atoms with Gasteiger partial charge in [-0.1, -0.05) is 0 Å². The number of nitrogens with zero attached hydrogens (tertiary/aromatic N) is 2. The number of nitrogens with two attached hydrogens (primary N) is 3. The molecule has 0 bridgehead atoms. The molecule has 0 aliphatic carbocycles. The Hall–Kier alpha value is -2.45. The Morgan fingerprint density at radius 1 is 1.17 bits per heavy atom. The van der Waals surface area contributed by atoms with Gasteiger partial charge in [-0.05, 0) is 0 Å². The first kappa shape index (κ1) is 13.6. The van der Waals surface area contributed by atoms with Crippen LogP contribution >= 0.6 is 0 Å². The molecule has 2 amide bonds. The van der Waals surface area contributed by atoms with E-state index in [-0.39, 0.29) is 0 Å². The van der Waals surface area contributed by atoms with Crippen LogP contribution in [0.3, 0.4) is 0 Å². The summed E-state index contributed by atoms with van der Waals surface area (Å²) in [7, 11) is 0. The van der Waals surface area contributed by atoms with E-state index in [0.717, 1.165) is 4.90 Å². The maximum atomic E-state index is 13.5. The Balaban J connectivity index is 3.15. The van der Waals surface area contributed by atoms with Crippen molar-refractivity contribution in [2.45, 2.75) is 0 Å². The highest BCUT2D eigenvalue weighted by atomic mass is 19.1. The van der Waals surface area contributed by atoms with Crippen molar-refractivity contribution in [2.75, 3.05) is 23.7 Å². The molecule has 1 rings (SSSR count). The van der Waals surface area contributed by atoms with Crippen molar-refractivity contribution in [1.82, 2.24) is 4.98 Å². The van der Waals surface area contributed by atoms with Crippen LogP contribution in [0.15, 0.2) is 6.07 Å². The van der Waals surface area contributed by atoms with Crippen LogP contribution in [0.5, 0.6) is 0 Å². The first-order chi connectivity index (χ1) is 8.31. The minimum Gasteiger partial charge on any atom is -0.381 e. The highest BCUT2D eigenvalue weighted by molar-refractivity contribution is 5.84. The molecule has 1 aromatic heterocycles. The highest BCUT2D eigenvalue weighted by Gasteiger charge is 2.19. The average molecular weight is 259 g/mol. The third-order valence-electron chi connectivity index (χ3n) is 1.93. The number of hydrogen-bond acceptors (Lipinski definition) is 5. The lowest BCUT2D eigenvalue weighted by molar-refractivity contribution is -0.117. The molecule has 7 nitrogen and oxygen atoms in total. The normalized spacial score (nSPS) is 10.1. The average Bonchev–Trinajstić information content (AvgIpc) is 2.21. The van der Waals surface area contributed by atoms with Gasteiger partial charge in [0, 0.05) is 6.07 Å². The zero-order valence-corrected chi connectivity index (χ0v) is 9.19. The molecule has 9 heteroatoms. The quantitative estimate of drug-likeness (QED) is 0.606. The minimum absolute atomic E-state index is 0.466. The summed E-state index contributed by atoms with van der Waals surface area (Å²) < 4.78 is 26.4. The molecule has 0 radical (unpaired) electrons. The van der Waals surface area contributed by atoms with E-state index in [2.05, 4.69) is 4.98 Å². The van der Waals surface area contributed by atoms with Gasteiger partial charge in [-0.15, -0.1) is 0 Å². The molecular weight excluding hydrogens is 248 g/mol. The van der Waals surface area contributed by atoms with Crippen LogP contribution in [0.25, 0.3) is 0 Å². The maximum Gasteiger partial charge on any atom is 0.237 e. The Labute approximate surface area is 101 Å². The van der Waals surface area contributed by atoms with E-state index in [9.17, 15) is 18.4 Å². The van der Waals surface area contributed by atoms with Gasteiger partial charge < -0.3 is 22.1 Å². The predicted octanol–water partition coefficient (Wildman–Crippen LogP) is -1.28. The number of pyridine rings is 1. The lowest BCUT2D eigenvalue weighted by Crippen LogP contribution is -2.40. The van der Waals surface area contributed by atoms with Crippen molar-refractivity contribution in [3.05, 3.63) is 17.7 Å². The number of carbonyl (C=O) groups excluding carboxylic acids is 2. The third kappa shape index (κ3) is 3.27. The first-order valence-corrected chi connectivity index (χ1v) is 4.74. The standard InChI is InChI=1S/C9H11F2N5O2/c10-4-1-5(11)9(15-8(4)14)16(2-6(12)17)3-7(13)18/h1H,2-3H2,(H2,12,17)(H2,13,18)(H2,14,15). The molecule has 98 valence electrons. The lowest BCUT2D eigenvalue weighted by Gasteiger charge is -2.21. The number of amides is 2. The first-order valence-electron chi connectivity index (χ1n) is 4.74. The smallest absolute Gasteiger partial charge is 0.237 e. The fourth-order valence-corrected chi connectivity index (χ4v) is 1.27. The van der Waals surface area contributed by atoms with Gasteiger partial charge in [0.2, 0.25) is 11.8 Å². The van der Waals surface area contributed by atoms with Gasteiger partial charge in [-0.3, -0.25) is 9.59 Å². The van der Waals surface area contributed by atoms with E-state index in [1.165, 1.54) is 0 Å². The fourth-order valence-electron chi connectivity index (χ4n) is 1.27. The molecule has 0 aliphatic heterocycles. The van der Waals surface area contributed by atoms with Crippen LogP contribution < -0.4 is 22.1 Å². The molecule has 18 heavy (non-hydrogen) atoms. The number of anilines is 2. The van der Waals surface area contributed by atoms with Crippen molar-refractivity contribution in [2.24, 2.45) is 11.5 Å². The summed E-state index contributed by atoms with van der Waals surface area (Å²) in [6.45, 7) is -1.00. The van der Waals surface area contributed by atoms with Gasteiger partial charge in [-0.2, -0.15) is 0 Å². The Bertz CT molecular complexity index is 478. The van der Waals surface area contributed by atoms with Crippen molar-refractivity contribution in [3.8, 4) is 0 Å². The largest absolute Gasteiger partial charge is 0.381 e. The highest BCUT2D eigenvalue weighted by Crippen LogP contribution is 2.20. The Morgan fingerprint density at radius 2 is 1.67 bits per heavy atom. The molecule has 0 saturated heterocycles. The van der Waals surface area contributed by atoms with Crippen LogP contribution in [0, 0.1) is 11.6 Å². The van der Waals surface area contributed by atoms with Gasteiger partial charge >= 0.3 is 0 Å². The molecule has 0 unspecified atom stereocenters. The number of carbonyl (C=O) groups is 2. The van der Waals surface area contributed by atoms with E-state index >= 15 is 0 Å². The van der Waals surface area contributed by atoms with Crippen molar-refractivity contribution >= 4 is 23.5 Å². The number of halogens is 2. The van der Waals surface area contributed by atoms with Gasteiger partial charge in [0.15, 0.2) is 23.3 Å². The summed E-state index contributed by atoms with van der Waals surface area (Å²) in [6.07, 6.45) is 0. The molecule has 0 saturated carbocycles. The summed E-state index contributed by atoms with van der Waals surface area (Å²) in [5, 5.41) is 0. The van der Waals surface area contributed by atoms with Crippen LogP contribution in [-0.2, 0) is 9.59 Å². The number of nitrogen functional groups attached to an aromatic ring is 1. The monoisotopic (exact) mass is 259 g/mol. The van der Waals surface area contributed by atoms with Crippen molar-refractivity contribution in [1.29, 1.82) is 0 Å². The number of hydrogen-bond donors (Lipinski definition) is 3. The zero-order valence-electron chi connectivity index (χ0n) is 9.19. The molecule has 1 heterocycles. The molecule has 6 N–H and O–H groups in total. The molecule has 0 aliphatic rings. The van der Waals surface area contributed by atoms with Gasteiger partial charge in [0.25, 0.3) is 0 Å². The number of primary amides is 2. The zero-order chi connectivity index (χ0) is 13.9. The third-order valence-corrected chi connectivity index (χ3v) is 1.93. The molecular formula is C9H11F2N5O2. The molecule has 0 fully saturated rings. The summed E-state index contributed by atoms with van der Waals surface area (Å²) in [6, 6.07) is 0.493. The van der Waals surface area contributed by atoms with E-state index in [1.807, 2.05) is 0 Å². The molecule has 0 atom stereocenters. The van der Waals surface area contributed by atoms with Gasteiger partial charge in [0.1, 0.15) is 0 Å². The van der Waals surface area contributed by atoms with Crippen LogP contribution in [0.1, 0.15) is 0 Å². The van der Waals surface area contributed by atoms with Crippen LogP contribution in [0.4, 0.5) is 20.4 Å². The summed E-state index contributed by atoms with van der Waals surface area (Å²) in [5.74, 6) is -4.82.